The predicted molar refractivity (Wildman–Crippen MR) is 77.5 cm³/mol. The average Bonchev–Trinajstić information content (AvgIpc) is 3.16. The summed E-state index contributed by atoms with van der Waals surface area (Å²) in [7, 11) is 0. The molecule has 1 aromatic carbocycles. The van der Waals surface area contributed by atoms with Crippen LogP contribution < -0.4 is 4.90 Å². The van der Waals surface area contributed by atoms with Crippen LogP contribution in [0.15, 0.2) is 30.4 Å². The Kier molecular flexibility index (Phi) is 3.83. The highest BCUT2D eigenvalue weighted by Crippen LogP contribution is 2.34. The second kappa shape index (κ2) is 5.65. The van der Waals surface area contributed by atoms with Gasteiger partial charge >= 0.3 is 6.18 Å². The Morgan fingerprint density at radius 1 is 1.18 bits per heavy atom. The van der Waals surface area contributed by atoms with E-state index in [1.54, 1.807) is 0 Å². The molecule has 0 aromatic heterocycles. The number of nitriles is 1. The molecule has 0 aliphatic carbocycles. The summed E-state index contributed by atoms with van der Waals surface area (Å²) in [5.41, 5.74) is -0.0764. The third kappa shape index (κ3) is 2.81. The number of alkyl halides is 3. The van der Waals surface area contributed by atoms with Crippen LogP contribution >= 0.6 is 0 Å². The van der Waals surface area contributed by atoms with Crippen molar-refractivity contribution in [3.63, 3.8) is 0 Å². The summed E-state index contributed by atoms with van der Waals surface area (Å²) >= 11 is 0. The van der Waals surface area contributed by atoms with Crippen LogP contribution in [0.3, 0.4) is 0 Å². The molecule has 2 aliphatic rings. The normalized spacial score (nSPS) is 22.3. The Labute approximate surface area is 127 Å². The molecule has 0 N–H and O–H groups in total. The van der Waals surface area contributed by atoms with Crippen LogP contribution in [0.25, 0.3) is 0 Å². The van der Waals surface area contributed by atoms with Gasteiger partial charge in [-0.2, -0.15) is 18.4 Å². The first-order valence-electron chi connectivity index (χ1n) is 7.24. The Morgan fingerprint density at radius 2 is 1.91 bits per heavy atom. The fraction of sp³-hybridized carbons (Fsp3) is 0.438. The van der Waals surface area contributed by atoms with Crippen LogP contribution in [-0.4, -0.2) is 37.1 Å². The zero-order valence-corrected chi connectivity index (χ0v) is 12.0. The number of hydrogen-bond donors (Lipinski definition) is 0. The summed E-state index contributed by atoms with van der Waals surface area (Å²) in [5, 5.41) is 9.18. The Morgan fingerprint density at radius 3 is 2.55 bits per heavy atom. The minimum absolute atomic E-state index is 0.0926. The summed E-state index contributed by atoms with van der Waals surface area (Å²) in [6.45, 7) is 3.37. The van der Waals surface area contributed by atoms with Crippen LogP contribution in [0.5, 0.6) is 0 Å². The molecule has 1 saturated heterocycles. The maximum absolute atomic E-state index is 12.7. The molecule has 2 heterocycles. The predicted octanol–water partition coefficient (Wildman–Crippen LogP) is 3.03. The van der Waals surface area contributed by atoms with Crippen molar-refractivity contribution in [1.29, 1.82) is 5.26 Å². The first-order chi connectivity index (χ1) is 10.5. The lowest BCUT2D eigenvalue weighted by atomic mass is 10.1. The molecule has 0 amide bonds. The molecule has 116 valence electrons. The Hall–Kier alpha value is -2.00. The number of benzene rings is 1. The van der Waals surface area contributed by atoms with Crippen LogP contribution in [-0.2, 0) is 6.18 Å². The molecule has 2 aliphatic heterocycles. The van der Waals surface area contributed by atoms with Gasteiger partial charge in [-0.15, -0.1) is 0 Å². The van der Waals surface area contributed by atoms with Crippen molar-refractivity contribution in [2.45, 2.75) is 18.6 Å². The van der Waals surface area contributed by atoms with E-state index in [1.807, 2.05) is 11.0 Å². The van der Waals surface area contributed by atoms with Gasteiger partial charge in [0.2, 0.25) is 0 Å². The van der Waals surface area contributed by atoms with Gasteiger partial charge in [0.1, 0.15) is 6.07 Å². The lowest BCUT2D eigenvalue weighted by Gasteiger charge is -2.25. The van der Waals surface area contributed by atoms with E-state index < -0.39 is 11.7 Å². The Bertz CT molecular complexity index is 623. The average molecular weight is 307 g/mol. The summed E-state index contributed by atoms with van der Waals surface area (Å²) in [4.78, 5) is 4.36. The third-order valence-electron chi connectivity index (χ3n) is 4.31. The molecular weight excluding hydrogens is 291 g/mol. The van der Waals surface area contributed by atoms with Crippen LogP contribution in [0, 0.1) is 11.3 Å². The first-order valence-corrected chi connectivity index (χ1v) is 7.24. The van der Waals surface area contributed by atoms with E-state index in [4.69, 9.17) is 0 Å². The molecular formula is C16H16F3N3. The smallest absolute Gasteiger partial charge is 0.369 e. The largest absolute Gasteiger partial charge is 0.416 e. The van der Waals surface area contributed by atoms with Crippen molar-refractivity contribution in [1.82, 2.24) is 4.90 Å². The summed E-state index contributed by atoms with van der Waals surface area (Å²) in [6.07, 6.45) is 0.801. The van der Waals surface area contributed by atoms with E-state index in [-0.39, 0.29) is 5.56 Å². The van der Waals surface area contributed by atoms with Gasteiger partial charge in [0, 0.05) is 32.2 Å². The number of nitrogens with zero attached hydrogens (tertiary/aromatic N) is 3. The number of hydrogen-bond acceptors (Lipinski definition) is 3. The molecule has 0 radical (unpaired) electrons. The second-order valence-corrected chi connectivity index (χ2v) is 5.66. The second-order valence-electron chi connectivity index (χ2n) is 5.66. The standard InChI is InChI=1S/C16H16F3N3/c17-16(18,19)13-3-4-15(12(9-13)10-20)22-8-5-14(11-22)21-6-1-2-7-21/h1-4,9,14H,5-8,11H2. The van der Waals surface area contributed by atoms with Gasteiger partial charge in [0.15, 0.2) is 0 Å². The van der Waals surface area contributed by atoms with E-state index in [0.717, 1.165) is 44.7 Å². The third-order valence-corrected chi connectivity index (χ3v) is 4.31. The van der Waals surface area contributed by atoms with Gasteiger partial charge in [-0.1, -0.05) is 12.2 Å². The SMILES string of the molecule is N#Cc1cc(C(F)(F)F)ccc1N1CCC(N2CC=CC2)C1. The van der Waals surface area contributed by atoms with Gasteiger partial charge < -0.3 is 4.90 Å². The summed E-state index contributed by atoms with van der Waals surface area (Å²) in [5.74, 6) is 0. The molecule has 0 saturated carbocycles. The van der Waals surface area contributed by atoms with Crippen molar-refractivity contribution in [3.05, 3.63) is 41.5 Å². The quantitative estimate of drug-likeness (QED) is 0.787. The fourth-order valence-corrected chi connectivity index (χ4v) is 3.13. The van der Waals surface area contributed by atoms with Gasteiger partial charge in [-0.25, -0.2) is 0 Å². The lowest BCUT2D eigenvalue weighted by molar-refractivity contribution is -0.137. The zero-order chi connectivity index (χ0) is 15.7. The topological polar surface area (TPSA) is 30.3 Å². The van der Waals surface area contributed by atoms with Gasteiger partial charge in [0.05, 0.1) is 16.8 Å². The highest BCUT2D eigenvalue weighted by Gasteiger charge is 2.33. The van der Waals surface area contributed by atoms with Gasteiger partial charge in [0.25, 0.3) is 0 Å². The van der Waals surface area contributed by atoms with Gasteiger partial charge in [-0.05, 0) is 24.6 Å². The zero-order valence-electron chi connectivity index (χ0n) is 12.0. The lowest BCUT2D eigenvalue weighted by Crippen LogP contribution is -2.35. The van der Waals surface area contributed by atoms with Gasteiger partial charge in [-0.3, -0.25) is 4.90 Å². The highest BCUT2D eigenvalue weighted by molar-refractivity contribution is 5.61. The molecule has 3 rings (SSSR count). The van der Waals surface area contributed by atoms with Crippen molar-refractivity contribution in [2.75, 3.05) is 31.1 Å². The van der Waals surface area contributed by atoms with E-state index in [9.17, 15) is 18.4 Å². The minimum atomic E-state index is -4.42. The molecule has 1 fully saturated rings. The monoisotopic (exact) mass is 307 g/mol. The van der Waals surface area contributed by atoms with Crippen LogP contribution in [0.4, 0.5) is 18.9 Å². The number of halogens is 3. The molecule has 0 bridgehead atoms. The maximum atomic E-state index is 12.7. The van der Waals surface area contributed by atoms with E-state index in [2.05, 4.69) is 17.1 Å². The van der Waals surface area contributed by atoms with Crippen molar-refractivity contribution in [3.8, 4) is 6.07 Å². The van der Waals surface area contributed by atoms with E-state index in [0.29, 0.717) is 11.7 Å². The fourth-order valence-electron chi connectivity index (χ4n) is 3.13. The van der Waals surface area contributed by atoms with Crippen LogP contribution in [0.2, 0.25) is 0 Å². The number of anilines is 1. The van der Waals surface area contributed by atoms with E-state index >= 15 is 0 Å². The first kappa shape index (κ1) is 14.9. The molecule has 22 heavy (non-hydrogen) atoms. The minimum Gasteiger partial charge on any atom is -0.369 e. The maximum Gasteiger partial charge on any atom is 0.416 e. The Balaban J connectivity index is 1.79. The summed E-state index contributed by atoms with van der Waals surface area (Å²) < 4.78 is 38.2. The highest BCUT2D eigenvalue weighted by atomic mass is 19.4. The van der Waals surface area contributed by atoms with E-state index in [1.165, 1.54) is 6.07 Å². The van der Waals surface area contributed by atoms with Crippen molar-refractivity contribution < 1.29 is 13.2 Å². The number of rotatable bonds is 2. The summed E-state index contributed by atoms with van der Waals surface area (Å²) in [6, 6.07) is 5.72. The molecule has 3 nitrogen and oxygen atoms in total. The molecule has 1 atom stereocenters. The van der Waals surface area contributed by atoms with Crippen molar-refractivity contribution >= 4 is 5.69 Å². The molecule has 0 spiro atoms. The molecule has 6 heteroatoms. The molecule has 1 unspecified atom stereocenters. The molecule has 1 aromatic rings. The van der Waals surface area contributed by atoms with Crippen LogP contribution in [0.1, 0.15) is 17.5 Å². The van der Waals surface area contributed by atoms with Crippen molar-refractivity contribution in [2.24, 2.45) is 0 Å².